The minimum atomic E-state index is -1.29. The Morgan fingerprint density at radius 3 is 1.75 bits per heavy atom. The van der Waals surface area contributed by atoms with Gasteiger partial charge in [-0.15, -0.1) is 23.2 Å². The maximum Gasteiger partial charge on any atom is 0.247 e. The Kier molecular flexibility index (Phi) is 5.37. The molecule has 1 saturated heterocycles. The van der Waals surface area contributed by atoms with E-state index in [1.165, 1.54) is 6.92 Å². The lowest BCUT2D eigenvalue weighted by atomic mass is 9.54. The predicted octanol–water partition coefficient (Wildman–Crippen LogP) is 6.02. The fourth-order valence-corrected chi connectivity index (χ4v) is 7.53. The molecular formula is C27H18BrCl3N2O3. The molecule has 3 aliphatic carbocycles. The van der Waals surface area contributed by atoms with Gasteiger partial charge in [-0.25, -0.2) is 0 Å². The van der Waals surface area contributed by atoms with E-state index in [2.05, 4.69) is 21.2 Å². The maximum atomic E-state index is 14.0. The van der Waals surface area contributed by atoms with Gasteiger partial charge in [0.25, 0.3) is 0 Å². The monoisotopic (exact) mass is 602 g/mol. The lowest BCUT2D eigenvalue weighted by Crippen LogP contribution is -2.57. The van der Waals surface area contributed by atoms with Gasteiger partial charge >= 0.3 is 0 Å². The number of carbonyl (C=O) groups is 3. The number of carbonyl (C=O) groups excluding carboxylic acids is 3. The SMILES string of the molecule is C[C@H](C(=O)Nc1ccc(Br)c(Cl)c1)N1C(=O)[C@H]2[C@H](C1=O)C1(Cl)c3ccccc3C2(Cl)c2ccccc21. The van der Waals surface area contributed by atoms with E-state index in [1.54, 1.807) is 18.2 Å². The normalized spacial score (nSPS) is 28.4. The standard InChI is InChI=1S/C27H18BrCl3N2O3/c1-13(23(34)32-14-10-11-19(28)20(29)12-14)33-24(35)21-22(25(33)36)27(31)16-7-3-2-6-15(16)26(21,30)17-8-4-5-9-18(17)27/h2-13,21-22H,1H3,(H,32,34)/t13-,21-,22-,26?,27?/m1/s1. The van der Waals surface area contributed by atoms with Crippen LogP contribution in [0.3, 0.4) is 0 Å². The Balaban J connectivity index is 1.43. The number of anilines is 1. The number of rotatable bonds is 3. The molecule has 0 saturated carbocycles. The molecule has 3 aromatic carbocycles. The molecule has 1 heterocycles. The number of halogens is 4. The molecule has 1 fully saturated rings. The van der Waals surface area contributed by atoms with E-state index in [0.717, 1.165) is 4.90 Å². The smallest absolute Gasteiger partial charge is 0.247 e. The van der Waals surface area contributed by atoms with E-state index < -0.39 is 45.3 Å². The van der Waals surface area contributed by atoms with Crippen molar-refractivity contribution < 1.29 is 14.4 Å². The molecule has 0 unspecified atom stereocenters. The van der Waals surface area contributed by atoms with Crippen molar-refractivity contribution >= 4 is 74.1 Å². The summed E-state index contributed by atoms with van der Waals surface area (Å²) in [5.74, 6) is -3.45. The van der Waals surface area contributed by atoms with Crippen molar-refractivity contribution in [1.29, 1.82) is 0 Å². The topological polar surface area (TPSA) is 66.5 Å². The van der Waals surface area contributed by atoms with Crippen molar-refractivity contribution in [3.63, 3.8) is 0 Å². The Labute approximate surface area is 230 Å². The lowest BCUT2D eigenvalue weighted by Gasteiger charge is -2.54. The number of amides is 3. The Bertz CT molecular complexity index is 1370. The third-order valence-corrected chi connectivity index (χ3v) is 10.1. The molecule has 3 amide bonds. The van der Waals surface area contributed by atoms with Crippen LogP contribution in [0.1, 0.15) is 29.2 Å². The third kappa shape index (κ3) is 2.93. The highest BCUT2D eigenvalue weighted by molar-refractivity contribution is 9.10. The minimum Gasteiger partial charge on any atom is -0.324 e. The molecule has 1 N–H and O–H groups in total. The van der Waals surface area contributed by atoms with Gasteiger partial charge in [-0.2, -0.15) is 0 Å². The van der Waals surface area contributed by atoms with Crippen LogP contribution in [0.25, 0.3) is 0 Å². The van der Waals surface area contributed by atoms with Crippen LogP contribution in [0.4, 0.5) is 5.69 Å². The van der Waals surface area contributed by atoms with Gasteiger partial charge in [-0.05, 0) is 63.3 Å². The van der Waals surface area contributed by atoms with E-state index in [-0.39, 0.29) is 0 Å². The number of hydrogen-bond donors (Lipinski definition) is 1. The van der Waals surface area contributed by atoms with Crippen LogP contribution in [-0.2, 0) is 24.1 Å². The average molecular weight is 605 g/mol. The van der Waals surface area contributed by atoms with Gasteiger partial charge in [0.05, 0.1) is 16.9 Å². The largest absolute Gasteiger partial charge is 0.324 e. The Hall–Kier alpha value is -2.38. The van der Waals surface area contributed by atoms with Crippen LogP contribution >= 0.6 is 50.7 Å². The first-order valence-electron chi connectivity index (χ1n) is 11.3. The first kappa shape index (κ1) is 24.0. The van der Waals surface area contributed by atoms with Crippen molar-refractivity contribution in [2.75, 3.05) is 5.32 Å². The van der Waals surface area contributed by atoms with Gasteiger partial charge in [-0.3, -0.25) is 19.3 Å². The van der Waals surface area contributed by atoms with Crippen LogP contribution < -0.4 is 5.32 Å². The van der Waals surface area contributed by atoms with Crippen LogP contribution in [0.2, 0.25) is 5.02 Å². The molecule has 3 atom stereocenters. The van der Waals surface area contributed by atoms with Gasteiger partial charge in [-0.1, -0.05) is 60.1 Å². The number of imide groups is 1. The van der Waals surface area contributed by atoms with Crippen molar-refractivity contribution in [2.24, 2.45) is 11.8 Å². The first-order chi connectivity index (χ1) is 17.1. The van der Waals surface area contributed by atoms with E-state index >= 15 is 0 Å². The fourth-order valence-electron chi connectivity index (χ4n) is 6.01. The van der Waals surface area contributed by atoms with Gasteiger partial charge in [0, 0.05) is 10.2 Å². The summed E-state index contributed by atoms with van der Waals surface area (Å²) in [6.07, 6.45) is 0. The molecule has 36 heavy (non-hydrogen) atoms. The van der Waals surface area contributed by atoms with Crippen LogP contribution in [0.15, 0.2) is 71.2 Å². The number of alkyl halides is 2. The molecule has 1 aliphatic heterocycles. The summed E-state index contributed by atoms with van der Waals surface area (Å²) in [5, 5.41) is 3.16. The van der Waals surface area contributed by atoms with Crippen molar-refractivity contribution in [3.05, 3.63) is 98.5 Å². The predicted molar refractivity (Wildman–Crippen MR) is 142 cm³/mol. The summed E-state index contributed by atoms with van der Waals surface area (Å²) >= 11 is 24.3. The number of benzene rings is 3. The van der Waals surface area contributed by atoms with Crippen LogP contribution in [0.5, 0.6) is 0 Å². The summed E-state index contributed by atoms with van der Waals surface area (Å²) in [4.78, 5) is 39.6. The number of likely N-dealkylation sites (tertiary alicyclic amines) is 1. The Morgan fingerprint density at radius 2 is 1.33 bits per heavy atom. The summed E-state index contributed by atoms with van der Waals surface area (Å²) < 4.78 is 0.679. The molecule has 0 aromatic heterocycles. The average Bonchev–Trinajstić information content (AvgIpc) is 3.15. The molecule has 0 radical (unpaired) electrons. The van der Waals surface area contributed by atoms with E-state index in [0.29, 0.717) is 37.4 Å². The van der Waals surface area contributed by atoms with E-state index in [4.69, 9.17) is 34.8 Å². The second-order valence-corrected chi connectivity index (χ2v) is 11.8. The second kappa shape index (κ2) is 8.06. The minimum absolute atomic E-state index is 0.417. The quantitative estimate of drug-likeness (QED) is 0.294. The van der Waals surface area contributed by atoms with Crippen LogP contribution in [-0.4, -0.2) is 28.7 Å². The number of nitrogens with zero attached hydrogens (tertiary/aromatic N) is 1. The first-order valence-corrected chi connectivity index (χ1v) is 13.2. The second-order valence-electron chi connectivity index (χ2n) is 9.31. The van der Waals surface area contributed by atoms with Crippen molar-refractivity contribution in [1.82, 2.24) is 4.90 Å². The van der Waals surface area contributed by atoms with E-state index in [9.17, 15) is 14.4 Å². The number of hydrogen-bond acceptors (Lipinski definition) is 3. The van der Waals surface area contributed by atoms with Crippen molar-refractivity contribution in [3.8, 4) is 0 Å². The summed E-state index contributed by atoms with van der Waals surface area (Å²) in [5.41, 5.74) is 3.30. The molecular weight excluding hydrogens is 587 g/mol. The van der Waals surface area contributed by atoms with Gasteiger partial charge < -0.3 is 5.32 Å². The van der Waals surface area contributed by atoms with Gasteiger partial charge in [0.1, 0.15) is 15.8 Å². The molecule has 0 spiro atoms. The zero-order valence-electron chi connectivity index (χ0n) is 18.8. The fraction of sp³-hybridized carbons (Fsp3) is 0.222. The molecule has 9 heteroatoms. The molecule has 4 aliphatic rings. The Morgan fingerprint density at radius 1 is 0.889 bits per heavy atom. The number of nitrogens with one attached hydrogen (secondary N) is 1. The summed E-state index contributed by atoms with van der Waals surface area (Å²) in [7, 11) is 0. The zero-order chi connectivity index (χ0) is 25.6. The maximum absolute atomic E-state index is 14.0. The third-order valence-electron chi connectivity index (χ3n) is 7.57. The highest BCUT2D eigenvalue weighted by atomic mass is 79.9. The zero-order valence-corrected chi connectivity index (χ0v) is 22.6. The highest BCUT2D eigenvalue weighted by Gasteiger charge is 2.73. The molecule has 7 rings (SSSR count). The molecule has 5 nitrogen and oxygen atoms in total. The summed E-state index contributed by atoms with van der Waals surface area (Å²) in [6, 6.07) is 18.7. The molecule has 2 bridgehead atoms. The molecule has 182 valence electrons. The summed E-state index contributed by atoms with van der Waals surface area (Å²) in [6.45, 7) is 1.52. The highest BCUT2D eigenvalue weighted by Crippen LogP contribution is 2.69. The molecule has 3 aromatic rings. The van der Waals surface area contributed by atoms with E-state index in [1.807, 2.05) is 48.5 Å². The van der Waals surface area contributed by atoms with Crippen molar-refractivity contribution in [2.45, 2.75) is 22.7 Å². The van der Waals surface area contributed by atoms with Gasteiger partial charge in [0.2, 0.25) is 17.7 Å². The lowest BCUT2D eigenvalue weighted by molar-refractivity contribution is -0.146. The van der Waals surface area contributed by atoms with Crippen LogP contribution in [0, 0.1) is 11.8 Å². The van der Waals surface area contributed by atoms with Gasteiger partial charge in [0.15, 0.2) is 0 Å².